The Morgan fingerprint density at radius 3 is 1.86 bits per heavy atom. The Morgan fingerprint density at radius 1 is 1.14 bits per heavy atom. The topological polar surface area (TPSA) is 75.3 Å². The van der Waals surface area contributed by atoms with Crippen molar-refractivity contribution in [3.63, 3.8) is 0 Å². The van der Waals surface area contributed by atoms with Gasteiger partial charge in [-0.05, 0) is 11.8 Å². The third kappa shape index (κ3) is 6.28. The van der Waals surface area contributed by atoms with Crippen molar-refractivity contribution in [2.75, 3.05) is 13.2 Å². The maximum Gasteiger partial charge on any atom is 0.344 e. The lowest BCUT2D eigenvalue weighted by Gasteiger charge is -2.16. The number of halogens is 1. The predicted octanol–water partition coefficient (Wildman–Crippen LogP) is 2.24. The second-order valence-electron chi connectivity index (χ2n) is 2.00. The van der Waals surface area contributed by atoms with Gasteiger partial charge in [0.1, 0.15) is 0 Å². The van der Waals surface area contributed by atoms with Crippen LogP contribution in [0.5, 0.6) is 0 Å². The van der Waals surface area contributed by atoms with Crippen LogP contribution in [0, 0.1) is 22.7 Å². The molecule has 0 spiro atoms. The molecule has 78 valence electrons. The van der Waals surface area contributed by atoms with E-state index in [9.17, 15) is 0 Å². The summed E-state index contributed by atoms with van der Waals surface area (Å²) in [5, 5.41) is 16.5. The molecule has 0 amide bonds. The molecule has 0 aromatic heterocycles. The first-order valence-electron chi connectivity index (χ1n) is 3.62. The molecule has 0 saturated heterocycles. The van der Waals surface area contributed by atoms with Gasteiger partial charge in [0.15, 0.2) is 0 Å². The Morgan fingerprint density at radius 2 is 1.57 bits per heavy atom. The quantitative estimate of drug-likeness (QED) is 0.512. The summed E-state index contributed by atoms with van der Waals surface area (Å²) in [7, 11) is 0. The van der Waals surface area contributed by atoms with Crippen molar-refractivity contribution >= 4 is 30.4 Å². The molecule has 0 aliphatic carbocycles. The number of rotatable bonds is 7. The fraction of sp³-hybridized carbons (Fsp3) is 0.667. The van der Waals surface area contributed by atoms with Crippen LogP contribution in [0.4, 0.5) is 0 Å². The lowest BCUT2D eigenvalue weighted by Crippen LogP contribution is -1.98. The zero-order valence-corrected chi connectivity index (χ0v) is 9.65. The van der Waals surface area contributed by atoms with Gasteiger partial charge in [-0.1, -0.05) is 0 Å². The summed E-state index contributed by atoms with van der Waals surface area (Å²) in [6.45, 7) is -2.75. The highest BCUT2D eigenvalue weighted by Gasteiger charge is 2.19. The molecule has 8 heteroatoms. The van der Waals surface area contributed by atoms with E-state index >= 15 is 0 Å². The highest BCUT2D eigenvalue weighted by atomic mass is 35.5. The predicted molar refractivity (Wildman–Crippen MR) is 53.6 cm³/mol. The van der Waals surface area contributed by atoms with Crippen LogP contribution in [0.25, 0.3) is 0 Å². The van der Waals surface area contributed by atoms with Crippen LogP contribution in [0.15, 0.2) is 0 Å². The molecule has 0 atom stereocenters. The van der Waals surface area contributed by atoms with Crippen LogP contribution in [-0.2, 0) is 24.9 Å². The molecule has 0 fully saturated rings. The van der Waals surface area contributed by atoms with Gasteiger partial charge in [0, 0.05) is 0 Å². The minimum atomic E-state index is -2.96. The van der Waals surface area contributed by atoms with Gasteiger partial charge >= 0.3 is 6.72 Å². The van der Waals surface area contributed by atoms with Gasteiger partial charge in [-0.25, -0.2) is 0 Å². The van der Waals surface area contributed by atoms with Crippen molar-refractivity contribution in [2.24, 2.45) is 0 Å². The molecule has 0 aliphatic heterocycles. The summed E-state index contributed by atoms with van der Waals surface area (Å²) in [6, 6.07) is 3.74. The van der Waals surface area contributed by atoms with E-state index in [1.807, 2.05) is 12.1 Å². The molecule has 0 radical (unpaired) electrons. The van der Waals surface area contributed by atoms with Crippen LogP contribution in [0.3, 0.4) is 0 Å². The van der Waals surface area contributed by atoms with E-state index < -0.39 is 6.72 Å². The summed E-state index contributed by atoms with van der Waals surface area (Å²) in [5.74, 6) is 0. The van der Waals surface area contributed by atoms with Crippen LogP contribution >= 0.6 is 18.6 Å². The Bertz CT molecular complexity index is 264. The third-order valence-corrected chi connectivity index (χ3v) is 3.82. The van der Waals surface area contributed by atoms with Crippen molar-refractivity contribution < 1.29 is 13.1 Å². The summed E-state index contributed by atoms with van der Waals surface area (Å²) in [5.41, 5.74) is 0. The van der Waals surface area contributed by atoms with Gasteiger partial charge in [0.25, 0.3) is 0 Å². The minimum Gasteiger partial charge on any atom is -0.307 e. The fourth-order valence-corrected chi connectivity index (χ4v) is 1.95. The smallest absolute Gasteiger partial charge is 0.307 e. The standard InChI is InChI=1S/C6H8ClN2O3PS/c7-12-13(14,10-5-1-3-8)11-6-2-4-9/h1-2,5-6H2. The molecule has 5 nitrogen and oxygen atoms in total. The van der Waals surface area contributed by atoms with E-state index in [1.165, 1.54) is 0 Å². The molecule has 0 N–H and O–H groups in total. The number of nitrogens with zero attached hydrogens (tertiary/aromatic N) is 2. The minimum absolute atomic E-state index is 0.104. The van der Waals surface area contributed by atoms with E-state index in [0.29, 0.717) is 0 Å². The molecular weight excluding hydrogens is 247 g/mol. The average molecular weight is 255 g/mol. The van der Waals surface area contributed by atoms with Gasteiger partial charge < -0.3 is 9.05 Å². The monoisotopic (exact) mass is 254 g/mol. The Hall–Kier alpha value is -0.200. The van der Waals surface area contributed by atoms with E-state index in [0.717, 1.165) is 0 Å². The molecule has 0 rings (SSSR count). The molecule has 0 aliphatic rings. The van der Waals surface area contributed by atoms with Crippen LogP contribution in [-0.4, -0.2) is 13.2 Å². The second kappa shape index (κ2) is 8.14. The summed E-state index contributed by atoms with van der Waals surface area (Å²) in [4.78, 5) is 0. The number of hydrogen-bond acceptors (Lipinski definition) is 6. The molecule has 0 saturated carbocycles. The lowest BCUT2D eigenvalue weighted by atomic mass is 10.5. The lowest BCUT2D eigenvalue weighted by molar-refractivity contribution is 0.212. The summed E-state index contributed by atoms with van der Waals surface area (Å²) < 4.78 is 14.3. The van der Waals surface area contributed by atoms with Crippen molar-refractivity contribution in [3.05, 3.63) is 0 Å². The molecule has 0 unspecified atom stereocenters. The van der Waals surface area contributed by atoms with Crippen LogP contribution < -0.4 is 0 Å². The van der Waals surface area contributed by atoms with Crippen molar-refractivity contribution in [1.82, 2.24) is 0 Å². The van der Waals surface area contributed by atoms with Gasteiger partial charge in [0.05, 0.1) is 50.1 Å². The van der Waals surface area contributed by atoms with E-state index in [1.54, 1.807) is 0 Å². The molecule has 0 heterocycles. The third-order valence-electron chi connectivity index (χ3n) is 1.01. The van der Waals surface area contributed by atoms with E-state index in [4.69, 9.17) is 43.2 Å². The van der Waals surface area contributed by atoms with Gasteiger partial charge in [-0.2, -0.15) is 14.6 Å². The van der Waals surface area contributed by atoms with Gasteiger partial charge in [-0.3, -0.25) is 0 Å². The molecule has 0 aromatic carbocycles. The Labute approximate surface area is 92.5 Å². The highest BCUT2D eigenvalue weighted by molar-refractivity contribution is 8.07. The van der Waals surface area contributed by atoms with Crippen LogP contribution in [0.2, 0.25) is 0 Å². The van der Waals surface area contributed by atoms with E-state index in [-0.39, 0.29) is 26.1 Å². The summed E-state index contributed by atoms with van der Waals surface area (Å²) >= 11 is 9.92. The van der Waals surface area contributed by atoms with Crippen molar-refractivity contribution in [1.29, 1.82) is 10.5 Å². The van der Waals surface area contributed by atoms with E-state index in [2.05, 4.69) is 4.08 Å². The molecular formula is C6H8ClN2O3PS. The maximum absolute atomic E-state index is 8.24. The fourth-order valence-electron chi connectivity index (χ4n) is 0.483. The second-order valence-corrected chi connectivity index (χ2v) is 5.30. The first-order valence-corrected chi connectivity index (χ1v) is 6.48. The Kier molecular flexibility index (Phi) is 8.02. The largest absolute Gasteiger partial charge is 0.344 e. The number of nitriles is 2. The highest BCUT2D eigenvalue weighted by Crippen LogP contribution is 2.51. The zero-order valence-electron chi connectivity index (χ0n) is 7.18. The van der Waals surface area contributed by atoms with Crippen molar-refractivity contribution in [2.45, 2.75) is 12.8 Å². The average Bonchev–Trinajstić information content (AvgIpc) is 2.19. The first-order chi connectivity index (χ1) is 6.68. The SMILES string of the molecule is N#CCCOP(=S)(OCl)OCCC#N. The maximum atomic E-state index is 8.24. The van der Waals surface area contributed by atoms with Crippen molar-refractivity contribution in [3.8, 4) is 12.1 Å². The molecule has 0 aromatic rings. The normalized spacial score (nSPS) is 10.5. The number of hydrogen-bond donors (Lipinski definition) is 0. The molecule has 14 heavy (non-hydrogen) atoms. The Balaban J connectivity index is 3.88. The van der Waals surface area contributed by atoms with Gasteiger partial charge in [0.2, 0.25) is 0 Å². The van der Waals surface area contributed by atoms with Gasteiger partial charge in [-0.15, -0.1) is 0 Å². The first kappa shape index (κ1) is 13.8. The van der Waals surface area contributed by atoms with Crippen LogP contribution in [0.1, 0.15) is 12.8 Å². The zero-order chi connectivity index (χ0) is 10.9. The summed E-state index contributed by atoms with van der Waals surface area (Å²) in [6.07, 6.45) is 0.362. The molecule has 0 bridgehead atoms.